The van der Waals surface area contributed by atoms with E-state index in [4.69, 9.17) is 21.7 Å². The van der Waals surface area contributed by atoms with Crippen molar-refractivity contribution in [2.45, 2.75) is 26.0 Å². The Morgan fingerprint density at radius 1 is 1.40 bits per heavy atom. The van der Waals surface area contributed by atoms with E-state index in [0.29, 0.717) is 6.54 Å². The number of rotatable bonds is 2. The van der Waals surface area contributed by atoms with Crippen LogP contribution in [-0.4, -0.2) is 35.5 Å². The second kappa shape index (κ2) is 8.84. The van der Waals surface area contributed by atoms with Gasteiger partial charge >= 0.3 is 0 Å². The highest BCUT2D eigenvalue weighted by Gasteiger charge is 1.82. The van der Waals surface area contributed by atoms with Gasteiger partial charge in [0.2, 0.25) is 0 Å². The number of nitrogens with two attached hydrogens (primary N) is 2. The molecule has 4 heteroatoms. The first-order valence-corrected chi connectivity index (χ1v) is 3.29. The second-order valence-electron chi connectivity index (χ2n) is 2.24. The van der Waals surface area contributed by atoms with Crippen LogP contribution in [0.3, 0.4) is 0 Å². The van der Waals surface area contributed by atoms with Crippen LogP contribution in [0.4, 0.5) is 0 Å². The lowest BCUT2D eigenvalue weighted by atomic mass is 10.4. The second-order valence-corrected chi connectivity index (χ2v) is 2.24. The van der Waals surface area contributed by atoms with Gasteiger partial charge in [-0.15, -0.1) is 0 Å². The fourth-order valence-electron chi connectivity index (χ4n) is 0. The van der Waals surface area contributed by atoms with Gasteiger partial charge in [0.05, 0.1) is 12.7 Å². The largest absolute Gasteiger partial charge is 0.395 e. The molecule has 6 N–H and O–H groups in total. The predicted octanol–water partition coefficient (Wildman–Crippen LogP) is -1.35. The summed E-state index contributed by atoms with van der Waals surface area (Å²) in [6.45, 7) is 3.85. The Kier molecular flexibility index (Phi) is 11.1. The zero-order valence-electron chi connectivity index (χ0n) is 6.62. The summed E-state index contributed by atoms with van der Waals surface area (Å²) in [5, 5.41) is 16.3. The van der Waals surface area contributed by atoms with Gasteiger partial charge in [0.25, 0.3) is 0 Å². The maximum atomic E-state index is 8.24. The van der Waals surface area contributed by atoms with Crippen molar-refractivity contribution >= 4 is 0 Å². The van der Waals surface area contributed by atoms with Crippen LogP contribution in [0.5, 0.6) is 0 Å². The van der Waals surface area contributed by atoms with Gasteiger partial charge in [-0.2, -0.15) is 0 Å². The first-order chi connectivity index (χ1) is 4.54. The van der Waals surface area contributed by atoms with E-state index in [1.165, 1.54) is 0 Å². The van der Waals surface area contributed by atoms with Gasteiger partial charge in [-0.05, 0) is 13.8 Å². The van der Waals surface area contributed by atoms with E-state index < -0.39 is 0 Å². The average molecular weight is 150 g/mol. The number of hydrogen-bond donors (Lipinski definition) is 4. The Morgan fingerprint density at radius 2 is 1.60 bits per heavy atom. The summed E-state index contributed by atoms with van der Waals surface area (Å²) in [6.07, 6.45) is -0.338. The predicted molar refractivity (Wildman–Crippen MR) is 41.5 cm³/mol. The van der Waals surface area contributed by atoms with Crippen LogP contribution in [0.1, 0.15) is 13.8 Å². The summed E-state index contributed by atoms with van der Waals surface area (Å²) >= 11 is 0. The zero-order chi connectivity index (χ0) is 8.57. The molecule has 2 atom stereocenters. The van der Waals surface area contributed by atoms with E-state index in [9.17, 15) is 0 Å². The van der Waals surface area contributed by atoms with Crippen LogP contribution < -0.4 is 11.5 Å². The van der Waals surface area contributed by atoms with Crippen LogP contribution >= 0.6 is 0 Å². The van der Waals surface area contributed by atoms with Crippen molar-refractivity contribution < 1.29 is 10.2 Å². The van der Waals surface area contributed by atoms with Gasteiger partial charge in [-0.1, -0.05) is 0 Å². The lowest BCUT2D eigenvalue weighted by molar-refractivity contribution is 0.203. The smallest absolute Gasteiger partial charge is 0.0634 e. The SMILES string of the molecule is CC(N)CO.CC(O)CN. The van der Waals surface area contributed by atoms with E-state index in [2.05, 4.69) is 0 Å². The standard InChI is InChI=1S/2C3H9NO/c1-3(4)2-5;1-3(5)2-4/h2*3,5H,2,4H2,1H3. The molecule has 0 fully saturated rings. The van der Waals surface area contributed by atoms with E-state index in [-0.39, 0.29) is 18.8 Å². The van der Waals surface area contributed by atoms with Crippen molar-refractivity contribution in [3.05, 3.63) is 0 Å². The molecule has 0 bridgehead atoms. The van der Waals surface area contributed by atoms with Gasteiger partial charge in [-0.3, -0.25) is 0 Å². The minimum absolute atomic E-state index is 0.0602. The molecule has 0 saturated heterocycles. The summed E-state index contributed by atoms with van der Waals surface area (Å²) in [4.78, 5) is 0. The quantitative estimate of drug-likeness (QED) is 0.391. The molecule has 0 aromatic carbocycles. The third-order valence-corrected chi connectivity index (χ3v) is 0.629. The molecular formula is C6H18N2O2. The molecule has 0 aromatic rings. The monoisotopic (exact) mass is 150 g/mol. The summed E-state index contributed by atoms with van der Waals surface area (Å²) in [6, 6.07) is -0.0602. The Hall–Kier alpha value is -0.160. The molecule has 0 heterocycles. The minimum Gasteiger partial charge on any atom is -0.395 e. The Morgan fingerprint density at radius 3 is 1.60 bits per heavy atom. The molecule has 0 saturated carbocycles. The summed E-state index contributed by atoms with van der Waals surface area (Å²) < 4.78 is 0. The summed E-state index contributed by atoms with van der Waals surface area (Å²) in [5.74, 6) is 0. The topological polar surface area (TPSA) is 92.5 Å². The Bertz CT molecular complexity index is 49.7. The minimum atomic E-state index is -0.338. The average Bonchev–Trinajstić information content (AvgIpc) is 1.89. The van der Waals surface area contributed by atoms with Crippen LogP contribution in [0.2, 0.25) is 0 Å². The molecule has 10 heavy (non-hydrogen) atoms. The first-order valence-electron chi connectivity index (χ1n) is 3.29. The number of aliphatic hydroxyl groups is 2. The third-order valence-electron chi connectivity index (χ3n) is 0.629. The normalized spacial score (nSPS) is 15.0. The van der Waals surface area contributed by atoms with Crippen molar-refractivity contribution in [2.75, 3.05) is 13.2 Å². The molecule has 0 aliphatic heterocycles. The van der Waals surface area contributed by atoms with E-state index in [1.807, 2.05) is 0 Å². The molecule has 0 rings (SSSR count). The Balaban J connectivity index is 0. The van der Waals surface area contributed by atoms with Crippen molar-refractivity contribution in [3.63, 3.8) is 0 Å². The van der Waals surface area contributed by atoms with Gasteiger partial charge in [0.1, 0.15) is 0 Å². The summed E-state index contributed by atoms with van der Waals surface area (Å²) in [5.41, 5.74) is 9.96. The van der Waals surface area contributed by atoms with E-state index >= 15 is 0 Å². The van der Waals surface area contributed by atoms with E-state index in [0.717, 1.165) is 0 Å². The van der Waals surface area contributed by atoms with Crippen LogP contribution in [0.15, 0.2) is 0 Å². The molecule has 0 aliphatic carbocycles. The maximum Gasteiger partial charge on any atom is 0.0634 e. The fourth-order valence-corrected chi connectivity index (χ4v) is 0. The fraction of sp³-hybridized carbons (Fsp3) is 1.00. The Labute approximate surface area is 61.8 Å². The molecule has 64 valence electrons. The molecule has 0 aliphatic rings. The molecule has 2 unspecified atom stereocenters. The number of aliphatic hydroxyl groups excluding tert-OH is 2. The molecular weight excluding hydrogens is 132 g/mol. The first kappa shape index (κ1) is 12.5. The lowest BCUT2D eigenvalue weighted by Crippen LogP contribution is -2.18. The van der Waals surface area contributed by atoms with Crippen molar-refractivity contribution in [1.29, 1.82) is 0 Å². The number of hydrogen-bond acceptors (Lipinski definition) is 4. The highest BCUT2D eigenvalue weighted by atomic mass is 16.3. The van der Waals surface area contributed by atoms with E-state index in [1.54, 1.807) is 13.8 Å². The van der Waals surface area contributed by atoms with Crippen molar-refractivity contribution in [2.24, 2.45) is 11.5 Å². The lowest BCUT2D eigenvalue weighted by Gasteiger charge is -1.91. The zero-order valence-corrected chi connectivity index (χ0v) is 6.62. The highest BCUT2D eigenvalue weighted by molar-refractivity contribution is 4.43. The highest BCUT2D eigenvalue weighted by Crippen LogP contribution is 1.65. The maximum absolute atomic E-state index is 8.24. The third kappa shape index (κ3) is 24.9. The van der Waals surface area contributed by atoms with Crippen LogP contribution in [0, 0.1) is 0 Å². The molecule has 0 amide bonds. The van der Waals surface area contributed by atoms with Crippen LogP contribution in [0.25, 0.3) is 0 Å². The van der Waals surface area contributed by atoms with Crippen LogP contribution in [-0.2, 0) is 0 Å². The van der Waals surface area contributed by atoms with Crippen molar-refractivity contribution in [1.82, 2.24) is 0 Å². The molecule has 0 spiro atoms. The van der Waals surface area contributed by atoms with Gasteiger partial charge < -0.3 is 21.7 Å². The van der Waals surface area contributed by atoms with Gasteiger partial charge in [0, 0.05) is 12.6 Å². The van der Waals surface area contributed by atoms with Gasteiger partial charge in [-0.25, -0.2) is 0 Å². The molecule has 0 aromatic heterocycles. The summed E-state index contributed by atoms with van der Waals surface area (Å²) in [7, 11) is 0. The molecule has 0 radical (unpaired) electrons. The van der Waals surface area contributed by atoms with Crippen molar-refractivity contribution in [3.8, 4) is 0 Å². The molecule has 4 nitrogen and oxygen atoms in total. The van der Waals surface area contributed by atoms with Gasteiger partial charge in [0.15, 0.2) is 0 Å².